The van der Waals surface area contributed by atoms with E-state index in [0.29, 0.717) is 51.3 Å². The van der Waals surface area contributed by atoms with Crippen LogP contribution in [0.25, 0.3) is 33.3 Å². The predicted octanol–water partition coefficient (Wildman–Crippen LogP) is 4.50. The quantitative estimate of drug-likeness (QED) is 0.445. The summed E-state index contributed by atoms with van der Waals surface area (Å²) in [6.45, 7) is 3.13. The number of nitrogens with zero attached hydrogens (tertiary/aromatic N) is 3. The van der Waals surface area contributed by atoms with Crippen LogP contribution >= 0.6 is 11.3 Å². The van der Waals surface area contributed by atoms with Crippen molar-refractivity contribution in [1.29, 1.82) is 0 Å². The van der Waals surface area contributed by atoms with E-state index in [4.69, 9.17) is 4.52 Å². The third-order valence-corrected chi connectivity index (χ3v) is 8.84. The fourth-order valence-electron chi connectivity index (χ4n) is 3.88. The van der Waals surface area contributed by atoms with Crippen LogP contribution in [0.15, 0.2) is 57.4 Å². The predicted molar refractivity (Wildman–Crippen MR) is 124 cm³/mol. The number of hydrogen-bond donors (Lipinski definition) is 1. The van der Waals surface area contributed by atoms with E-state index in [2.05, 4.69) is 20.4 Å². The van der Waals surface area contributed by atoms with Gasteiger partial charge in [-0.1, -0.05) is 17.3 Å². The van der Waals surface area contributed by atoms with Gasteiger partial charge in [0.15, 0.2) is 15.6 Å². The van der Waals surface area contributed by atoms with Crippen LogP contribution in [0.1, 0.15) is 18.5 Å². The molecule has 0 bridgehead atoms. The van der Waals surface area contributed by atoms with Crippen molar-refractivity contribution >= 4 is 21.2 Å². The van der Waals surface area contributed by atoms with Crippen LogP contribution in [0, 0.1) is 12.7 Å². The molecule has 0 radical (unpaired) electrons. The van der Waals surface area contributed by atoms with Crippen molar-refractivity contribution in [2.24, 2.45) is 0 Å². The van der Waals surface area contributed by atoms with E-state index in [1.807, 2.05) is 0 Å². The van der Waals surface area contributed by atoms with Gasteiger partial charge in [0, 0.05) is 18.2 Å². The second kappa shape index (κ2) is 8.77. The summed E-state index contributed by atoms with van der Waals surface area (Å²) in [4.78, 5) is 9.79. The molecule has 33 heavy (non-hydrogen) atoms. The average Bonchev–Trinajstić information content (AvgIpc) is 3.49. The molecule has 0 aliphatic carbocycles. The number of hydrogen-bond acceptors (Lipinski definition) is 8. The van der Waals surface area contributed by atoms with Crippen molar-refractivity contribution in [2.75, 3.05) is 13.1 Å². The van der Waals surface area contributed by atoms with Gasteiger partial charge in [0.25, 0.3) is 0 Å². The fourth-order valence-corrected chi connectivity index (χ4v) is 6.32. The van der Waals surface area contributed by atoms with Crippen LogP contribution < -0.4 is 5.32 Å². The molecule has 1 fully saturated rings. The Labute approximate surface area is 194 Å². The number of thiophene rings is 1. The zero-order chi connectivity index (χ0) is 23.0. The first-order valence-electron chi connectivity index (χ1n) is 10.5. The molecule has 1 unspecified atom stereocenters. The SMILES string of the molecule is Cc1ncc(-c2ccc(S(=O)(=O)C3CCCNC3)cc2)nc1-c1cc(-c2sccc2F)no1. The maximum Gasteiger partial charge on any atom is 0.187 e. The Morgan fingerprint density at radius 3 is 2.70 bits per heavy atom. The van der Waals surface area contributed by atoms with Gasteiger partial charge in [-0.15, -0.1) is 11.3 Å². The van der Waals surface area contributed by atoms with E-state index < -0.39 is 15.1 Å². The molecule has 1 saturated heterocycles. The second-order valence-corrected chi connectivity index (χ2v) is 11.0. The highest BCUT2D eigenvalue weighted by Gasteiger charge is 2.28. The molecule has 1 N–H and O–H groups in total. The monoisotopic (exact) mass is 484 g/mol. The van der Waals surface area contributed by atoms with Crippen molar-refractivity contribution in [3.63, 3.8) is 0 Å². The summed E-state index contributed by atoms with van der Waals surface area (Å²) in [5, 5.41) is 8.38. The highest BCUT2D eigenvalue weighted by molar-refractivity contribution is 7.92. The van der Waals surface area contributed by atoms with Crippen LogP contribution in [-0.4, -0.2) is 41.9 Å². The Balaban J connectivity index is 1.44. The lowest BCUT2D eigenvalue weighted by molar-refractivity contribution is 0.433. The lowest BCUT2D eigenvalue weighted by Gasteiger charge is -2.22. The van der Waals surface area contributed by atoms with Gasteiger partial charge < -0.3 is 9.84 Å². The van der Waals surface area contributed by atoms with E-state index in [1.54, 1.807) is 48.8 Å². The van der Waals surface area contributed by atoms with Gasteiger partial charge in [-0.25, -0.2) is 17.8 Å². The minimum absolute atomic E-state index is 0.304. The van der Waals surface area contributed by atoms with Gasteiger partial charge in [0.05, 0.1) is 32.6 Å². The number of aryl methyl sites for hydroxylation is 1. The molecular formula is C23H21FN4O3S2. The highest BCUT2D eigenvalue weighted by Crippen LogP contribution is 2.32. The molecule has 0 amide bonds. The smallest absolute Gasteiger partial charge is 0.187 e. The second-order valence-electron chi connectivity index (χ2n) is 7.90. The minimum atomic E-state index is -3.39. The molecule has 0 spiro atoms. The fraction of sp³-hybridized carbons (Fsp3) is 0.261. The van der Waals surface area contributed by atoms with Crippen molar-refractivity contribution in [3.8, 4) is 33.3 Å². The molecule has 1 atom stereocenters. The van der Waals surface area contributed by atoms with Gasteiger partial charge in [0.1, 0.15) is 17.2 Å². The first kappa shape index (κ1) is 21.9. The van der Waals surface area contributed by atoms with Crippen molar-refractivity contribution in [3.05, 3.63) is 59.5 Å². The van der Waals surface area contributed by atoms with Gasteiger partial charge in [0.2, 0.25) is 0 Å². The number of benzene rings is 1. The number of halogens is 1. The lowest BCUT2D eigenvalue weighted by Crippen LogP contribution is -2.38. The third kappa shape index (κ3) is 4.21. The summed E-state index contributed by atoms with van der Waals surface area (Å²) in [6, 6.07) is 9.73. The van der Waals surface area contributed by atoms with E-state index >= 15 is 0 Å². The Morgan fingerprint density at radius 1 is 1.18 bits per heavy atom. The van der Waals surface area contributed by atoms with Gasteiger partial charge >= 0.3 is 0 Å². The molecule has 0 saturated carbocycles. The molecule has 7 nitrogen and oxygen atoms in total. The number of piperidine rings is 1. The molecule has 10 heteroatoms. The number of rotatable bonds is 5. The first-order chi connectivity index (χ1) is 15.9. The Kier molecular flexibility index (Phi) is 5.81. The molecule has 1 aliphatic rings. The maximum atomic E-state index is 13.9. The van der Waals surface area contributed by atoms with Crippen LogP contribution in [-0.2, 0) is 9.84 Å². The Morgan fingerprint density at radius 2 is 2.00 bits per heavy atom. The van der Waals surface area contributed by atoms with Crippen LogP contribution in [0.5, 0.6) is 0 Å². The molecular weight excluding hydrogens is 463 g/mol. The third-order valence-electron chi connectivity index (χ3n) is 5.72. The van der Waals surface area contributed by atoms with Crippen LogP contribution in [0.2, 0.25) is 0 Å². The summed E-state index contributed by atoms with van der Waals surface area (Å²) in [5.41, 5.74) is 2.83. The standard InChI is InChI=1S/C23H21FN4O3S2/c1-14-22(21-11-19(28-31-21)23-18(24)8-10-32-23)27-20(13-26-14)15-4-6-16(7-5-15)33(29,30)17-3-2-9-25-12-17/h4-8,10-11,13,17,25H,2-3,9,12H2,1H3. The number of sulfone groups is 1. The minimum Gasteiger partial charge on any atom is -0.354 e. The van der Waals surface area contributed by atoms with Crippen molar-refractivity contribution in [2.45, 2.75) is 29.9 Å². The first-order valence-corrected chi connectivity index (χ1v) is 13.0. The summed E-state index contributed by atoms with van der Waals surface area (Å²) in [5.74, 6) is 0.0316. The maximum absolute atomic E-state index is 13.9. The largest absolute Gasteiger partial charge is 0.354 e. The van der Waals surface area contributed by atoms with E-state index in [1.165, 1.54) is 17.4 Å². The highest BCUT2D eigenvalue weighted by atomic mass is 32.2. The zero-order valence-corrected chi connectivity index (χ0v) is 19.4. The summed E-state index contributed by atoms with van der Waals surface area (Å²) >= 11 is 1.24. The Hall–Kier alpha value is -2.95. The van der Waals surface area contributed by atoms with Crippen molar-refractivity contribution < 1.29 is 17.3 Å². The normalized spacial score (nSPS) is 16.7. The topological polar surface area (TPSA) is 98.0 Å². The van der Waals surface area contributed by atoms with Crippen LogP contribution in [0.3, 0.4) is 0 Å². The zero-order valence-electron chi connectivity index (χ0n) is 17.8. The number of aromatic nitrogens is 3. The number of nitrogens with one attached hydrogen (secondary N) is 1. The van der Waals surface area contributed by atoms with E-state index in [-0.39, 0.29) is 5.82 Å². The van der Waals surface area contributed by atoms with E-state index in [0.717, 1.165) is 18.5 Å². The summed E-state index contributed by atoms with van der Waals surface area (Å²) in [6.07, 6.45) is 3.15. The molecule has 5 rings (SSSR count). The summed E-state index contributed by atoms with van der Waals surface area (Å²) < 4.78 is 45.2. The molecule has 3 aromatic heterocycles. The molecule has 1 aromatic carbocycles. The van der Waals surface area contributed by atoms with Crippen molar-refractivity contribution in [1.82, 2.24) is 20.4 Å². The average molecular weight is 485 g/mol. The molecule has 4 heterocycles. The van der Waals surface area contributed by atoms with E-state index in [9.17, 15) is 12.8 Å². The van der Waals surface area contributed by atoms with Crippen LogP contribution in [0.4, 0.5) is 4.39 Å². The lowest BCUT2D eigenvalue weighted by atomic mass is 10.1. The Bertz CT molecular complexity index is 1390. The van der Waals surface area contributed by atoms with Gasteiger partial charge in [-0.2, -0.15) is 0 Å². The molecule has 1 aliphatic heterocycles. The molecule has 170 valence electrons. The molecule has 4 aromatic rings. The van der Waals surface area contributed by atoms with Gasteiger partial charge in [-0.3, -0.25) is 4.98 Å². The van der Waals surface area contributed by atoms with Gasteiger partial charge in [-0.05, 0) is 49.9 Å². The summed E-state index contributed by atoms with van der Waals surface area (Å²) in [7, 11) is -3.39.